The molecule has 0 saturated carbocycles. The Labute approximate surface area is 213 Å². The van der Waals surface area contributed by atoms with Crippen LogP contribution in [0.3, 0.4) is 0 Å². The van der Waals surface area contributed by atoms with Gasteiger partial charge in [0.1, 0.15) is 17.6 Å². The van der Waals surface area contributed by atoms with Crippen molar-refractivity contribution in [1.29, 1.82) is 0 Å². The third kappa shape index (κ3) is 5.87. The lowest BCUT2D eigenvalue weighted by molar-refractivity contribution is -0.136. The first kappa shape index (κ1) is 26.1. The van der Waals surface area contributed by atoms with Gasteiger partial charge in [-0.15, -0.1) is 0 Å². The van der Waals surface area contributed by atoms with E-state index in [1.807, 2.05) is 27.0 Å². The second-order valence-corrected chi connectivity index (χ2v) is 10.4. The van der Waals surface area contributed by atoms with Crippen LogP contribution in [0.25, 0.3) is 5.65 Å². The van der Waals surface area contributed by atoms with Crippen LogP contribution in [-0.2, 0) is 9.47 Å². The van der Waals surface area contributed by atoms with Crippen LogP contribution < -0.4 is 5.32 Å². The molecule has 36 heavy (non-hydrogen) atoms. The molecule has 0 amide bonds. The molecule has 0 radical (unpaired) electrons. The zero-order valence-corrected chi connectivity index (χ0v) is 22.3. The van der Waals surface area contributed by atoms with Gasteiger partial charge in [-0.25, -0.2) is 9.37 Å². The van der Waals surface area contributed by atoms with Crippen LogP contribution in [0.15, 0.2) is 64.8 Å². The fraction of sp³-hybridized carbons (Fsp3) is 0.500. The number of ether oxygens (including phenoxy) is 2. The summed E-state index contributed by atoms with van der Waals surface area (Å²) < 4.78 is 27.3. The Hall–Kier alpha value is -2.97. The smallest absolute Gasteiger partial charge is 0.163 e. The number of allylic oxidation sites excluding steroid dienone is 2. The highest BCUT2D eigenvalue weighted by Gasteiger charge is 2.36. The summed E-state index contributed by atoms with van der Waals surface area (Å²) in [4.78, 5) is 11.4. The minimum absolute atomic E-state index is 0.103. The summed E-state index contributed by atoms with van der Waals surface area (Å²) in [6.07, 6.45) is 7.08. The van der Waals surface area contributed by atoms with E-state index in [4.69, 9.17) is 14.5 Å². The zero-order chi connectivity index (χ0) is 26.0. The number of nitrogens with zero attached hydrogens (tertiary/aromatic N) is 4. The van der Waals surface area contributed by atoms with Crippen molar-refractivity contribution in [2.24, 2.45) is 4.99 Å². The molecule has 0 bridgehead atoms. The van der Waals surface area contributed by atoms with Crippen molar-refractivity contribution in [1.82, 2.24) is 19.6 Å². The van der Waals surface area contributed by atoms with Gasteiger partial charge in [-0.3, -0.25) is 9.39 Å². The lowest BCUT2D eigenvalue weighted by Gasteiger charge is -2.38. The number of aromatic nitrogens is 2. The lowest BCUT2D eigenvalue weighted by Crippen LogP contribution is -2.47. The van der Waals surface area contributed by atoms with Crippen molar-refractivity contribution >= 4 is 11.4 Å². The van der Waals surface area contributed by atoms with E-state index in [0.29, 0.717) is 12.3 Å². The Balaban J connectivity index is 1.45. The molecule has 2 unspecified atom stereocenters. The number of nitrogens with one attached hydrogen (secondary N) is 1. The number of halogens is 1. The molecule has 7 nitrogen and oxygen atoms in total. The molecule has 2 aromatic rings. The van der Waals surface area contributed by atoms with Gasteiger partial charge in [0.15, 0.2) is 5.79 Å². The van der Waals surface area contributed by atoms with Crippen LogP contribution >= 0.6 is 0 Å². The number of piperidine rings is 1. The van der Waals surface area contributed by atoms with E-state index in [2.05, 4.69) is 42.6 Å². The van der Waals surface area contributed by atoms with Gasteiger partial charge in [-0.05, 0) is 72.1 Å². The summed E-state index contributed by atoms with van der Waals surface area (Å²) in [5, 5.41) is 3.76. The predicted molar refractivity (Wildman–Crippen MR) is 141 cm³/mol. The molecule has 4 rings (SSSR count). The van der Waals surface area contributed by atoms with E-state index in [1.54, 1.807) is 16.7 Å². The van der Waals surface area contributed by atoms with Crippen molar-refractivity contribution in [3.63, 3.8) is 0 Å². The average molecular weight is 496 g/mol. The summed E-state index contributed by atoms with van der Waals surface area (Å²) >= 11 is 0. The van der Waals surface area contributed by atoms with Gasteiger partial charge in [0.25, 0.3) is 0 Å². The number of pyridine rings is 1. The summed E-state index contributed by atoms with van der Waals surface area (Å²) in [5.41, 5.74) is 6.54. The SMILES string of the molecule is C=C(C1COC(C)(C)O1)N1CCCC(NC(=C(C)C)/C(C)=C\N=C(C)c2cnc3ccc(F)cn23)C1. The highest BCUT2D eigenvalue weighted by atomic mass is 19.1. The fourth-order valence-corrected chi connectivity index (χ4v) is 4.81. The van der Waals surface area contributed by atoms with Crippen molar-refractivity contribution in [3.8, 4) is 0 Å². The Morgan fingerprint density at radius 1 is 1.28 bits per heavy atom. The maximum atomic E-state index is 13.8. The third-order valence-corrected chi connectivity index (χ3v) is 6.74. The maximum absolute atomic E-state index is 13.8. The van der Waals surface area contributed by atoms with Crippen molar-refractivity contribution < 1.29 is 13.9 Å². The standard InChI is InChI=1S/C28H38FN5O2/c1-18(2)27(19(3)13-30-20(4)24-14-31-26-11-10-22(29)15-34(24)26)32-23-9-8-12-33(16-23)21(5)25-17-35-28(6,7)36-25/h10-11,13-15,23,25,32H,5,8-9,12,16-17H2,1-4,6-7H3/b19-13-,30-20?. The summed E-state index contributed by atoms with van der Waals surface area (Å²) in [6.45, 7) is 18.8. The molecule has 2 fully saturated rings. The number of fused-ring (bicyclic) bond motifs is 1. The second kappa shape index (κ2) is 10.6. The molecule has 2 aliphatic heterocycles. The Bertz CT molecular complexity index is 1220. The maximum Gasteiger partial charge on any atom is 0.163 e. The zero-order valence-electron chi connectivity index (χ0n) is 22.3. The summed E-state index contributed by atoms with van der Waals surface area (Å²) in [7, 11) is 0. The van der Waals surface area contributed by atoms with Crippen molar-refractivity contribution in [2.75, 3.05) is 19.7 Å². The highest BCUT2D eigenvalue weighted by Crippen LogP contribution is 2.29. The van der Waals surface area contributed by atoms with Crippen molar-refractivity contribution in [2.45, 2.75) is 72.3 Å². The first-order valence-corrected chi connectivity index (χ1v) is 12.6. The van der Waals surface area contributed by atoms with Crippen LogP contribution in [0, 0.1) is 5.82 Å². The monoisotopic (exact) mass is 495 g/mol. The highest BCUT2D eigenvalue weighted by molar-refractivity contribution is 5.98. The molecular formula is C28H38FN5O2. The summed E-state index contributed by atoms with van der Waals surface area (Å²) in [6, 6.07) is 3.35. The van der Waals surface area contributed by atoms with Crippen LogP contribution in [0.5, 0.6) is 0 Å². The van der Waals surface area contributed by atoms with E-state index in [0.717, 1.165) is 54.3 Å². The van der Waals surface area contributed by atoms with Gasteiger partial charge < -0.3 is 19.7 Å². The Kier molecular flexibility index (Phi) is 7.66. The van der Waals surface area contributed by atoms with Crippen LogP contribution in [0.4, 0.5) is 4.39 Å². The number of hydrogen-bond donors (Lipinski definition) is 1. The number of likely N-dealkylation sites (tertiary alicyclic amines) is 1. The van der Waals surface area contributed by atoms with Gasteiger partial charge >= 0.3 is 0 Å². The van der Waals surface area contributed by atoms with E-state index in [9.17, 15) is 4.39 Å². The van der Waals surface area contributed by atoms with E-state index in [-0.39, 0.29) is 18.0 Å². The van der Waals surface area contributed by atoms with Crippen LogP contribution in [0.1, 0.15) is 60.1 Å². The third-order valence-electron chi connectivity index (χ3n) is 6.74. The van der Waals surface area contributed by atoms with Crippen molar-refractivity contribution in [3.05, 3.63) is 71.4 Å². The minimum Gasteiger partial charge on any atom is -0.380 e. The molecule has 8 heteroatoms. The van der Waals surface area contributed by atoms with Crippen LogP contribution in [-0.4, -0.2) is 57.6 Å². The minimum atomic E-state index is -0.561. The van der Waals surface area contributed by atoms with E-state index >= 15 is 0 Å². The van der Waals surface area contributed by atoms with Gasteiger partial charge in [-0.1, -0.05) is 12.2 Å². The topological polar surface area (TPSA) is 63.4 Å². The Morgan fingerprint density at radius 2 is 2.06 bits per heavy atom. The number of aliphatic imine (C=N–C) groups is 1. The normalized spacial score (nSPS) is 22.7. The molecule has 0 aromatic carbocycles. The Morgan fingerprint density at radius 3 is 2.75 bits per heavy atom. The number of hydrogen-bond acceptors (Lipinski definition) is 6. The molecule has 2 saturated heterocycles. The first-order chi connectivity index (χ1) is 17.0. The van der Waals surface area contributed by atoms with Gasteiger partial charge in [0.05, 0.1) is 24.2 Å². The molecule has 2 aromatic heterocycles. The van der Waals surface area contributed by atoms with Gasteiger partial charge in [0.2, 0.25) is 0 Å². The van der Waals surface area contributed by atoms with E-state index < -0.39 is 5.79 Å². The first-order valence-electron chi connectivity index (χ1n) is 12.6. The molecule has 2 atom stereocenters. The summed E-state index contributed by atoms with van der Waals surface area (Å²) in [5.74, 6) is -0.869. The largest absolute Gasteiger partial charge is 0.380 e. The number of imidazole rings is 1. The van der Waals surface area contributed by atoms with E-state index in [1.165, 1.54) is 17.8 Å². The molecule has 0 spiro atoms. The predicted octanol–water partition coefficient (Wildman–Crippen LogP) is 5.20. The molecule has 194 valence electrons. The van der Waals surface area contributed by atoms with Gasteiger partial charge in [-0.2, -0.15) is 0 Å². The second-order valence-electron chi connectivity index (χ2n) is 10.4. The molecule has 1 N–H and O–H groups in total. The molecule has 2 aliphatic rings. The number of rotatable bonds is 7. The molecule has 0 aliphatic carbocycles. The quantitative estimate of drug-likeness (QED) is 0.423. The van der Waals surface area contributed by atoms with Gasteiger partial charge in [0, 0.05) is 42.9 Å². The molecule has 4 heterocycles. The van der Waals surface area contributed by atoms with Crippen LogP contribution in [0.2, 0.25) is 0 Å². The molecular weight excluding hydrogens is 457 g/mol. The fourth-order valence-electron chi connectivity index (χ4n) is 4.81. The average Bonchev–Trinajstić information content (AvgIpc) is 3.42. The lowest BCUT2D eigenvalue weighted by atomic mass is 10.0.